The van der Waals surface area contributed by atoms with Crippen LogP contribution in [0.15, 0.2) is 59.4 Å². The molecule has 9 heteroatoms. The van der Waals surface area contributed by atoms with Crippen molar-refractivity contribution >= 4 is 33.1 Å². The summed E-state index contributed by atoms with van der Waals surface area (Å²) in [5.41, 5.74) is 0.536. The average molecular weight is 484 g/mol. The molecule has 0 aliphatic heterocycles. The van der Waals surface area contributed by atoms with Crippen molar-refractivity contribution in [2.75, 3.05) is 5.32 Å². The molecule has 0 saturated heterocycles. The Kier molecular flexibility index (Phi) is 5.73. The highest BCUT2D eigenvalue weighted by Crippen LogP contribution is 2.35. The molecule has 1 aliphatic carbocycles. The number of nitrogens with one attached hydrogen (secondary N) is 1. The number of nitrogens with zero attached hydrogens (tertiary/aromatic N) is 2. The van der Waals surface area contributed by atoms with Crippen molar-refractivity contribution in [3.8, 4) is 11.4 Å². The van der Waals surface area contributed by atoms with Gasteiger partial charge >= 0.3 is 6.18 Å². The summed E-state index contributed by atoms with van der Waals surface area (Å²) in [5, 5.41) is 3.04. The van der Waals surface area contributed by atoms with Gasteiger partial charge in [0.1, 0.15) is 17.2 Å². The normalized spacial score (nSPS) is 13.6. The van der Waals surface area contributed by atoms with Crippen molar-refractivity contribution in [1.29, 1.82) is 0 Å². The van der Waals surface area contributed by atoms with Gasteiger partial charge in [-0.05, 0) is 49.4 Å². The molecule has 0 bridgehead atoms. The highest BCUT2D eigenvalue weighted by atomic mass is 32.1. The molecule has 34 heavy (non-hydrogen) atoms. The molecule has 2 aromatic heterocycles. The minimum absolute atomic E-state index is 0.0103. The Hall–Kier alpha value is -3.46. The van der Waals surface area contributed by atoms with E-state index in [1.807, 2.05) is 30.3 Å². The van der Waals surface area contributed by atoms with Crippen LogP contribution in [0.1, 0.15) is 28.8 Å². The van der Waals surface area contributed by atoms with E-state index in [9.17, 15) is 22.8 Å². The van der Waals surface area contributed by atoms with E-state index < -0.39 is 17.6 Å². The lowest BCUT2D eigenvalue weighted by Gasteiger charge is -2.14. The molecule has 0 atom stereocenters. The van der Waals surface area contributed by atoms with E-state index in [1.165, 1.54) is 28.0 Å². The van der Waals surface area contributed by atoms with Gasteiger partial charge in [-0.15, -0.1) is 11.3 Å². The zero-order chi connectivity index (χ0) is 23.9. The van der Waals surface area contributed by atoms with Gasteiger partial charge in [-0.2, -0.15) is 13.2 Å². The molecule has 5 nitrogen and oxygen atoms in total. The Morgan fingerprint density at radius 2 is 1.82 bits per heavy atom. The van der Waals surface area contributed by atoms with Crippen LogP contribution in [0.2, 0.25) is 0 Å². The third-order valence-corrected chi connectivity index (χ3v) is 7.07. The molecular formula is C25H20F3N3O2S. The second-order valence-electron chi connectivity index (χ2n) is 8.21. The Balaban J connectivity index is 1.56. The zero-order valence-electron chi connectivity index (χ0n) is 18.0. The predicted octanol–water partition coefficient (Wildman–Crippen LogP) is 5.66. The average Bonchev–Trinajstić information content (AvgIpc) is 3.19. The fourth-order valence-electron chi connectivity index (χ4n) is 4.31. The van der Waals surface area contributed by atoms with Crippen molar-refractivity contribution in [3.63, 3.8) is 0 Å². The van der Waals surface area contributed by atoms with E-state index in [4.69, 9.17) is 4.98 Å². The number of carbonyl (C=O) groups excluding carboxylic acids is 1. The Morgan fingerprint density at radius 3 is 2.59 bits per heavy atom. The number of carbonyl (C=O) groups is 1. The fraction of sp³-hybridized carbons (Fsp3) is 0.240. The Labute approximate surface area is 196 Å². The second-order valence-corrected chi connectivity index (χ2v) is 9.29. The molecule has 1 amide bonds. The number of alkyl halides is 3. The van der Waals surface area contributed by atoms with E-state index in [-0.39, 0.29) is 17.8 Å². The summed E-state index contributed by atoms with van der Waals surface area (Å²) in [6, 6.07) is 13.5. The number of hydrogen-bond acceptors (Lipinski definition) is 4. The van der Waals surface area contributed by atoms with Crippen molar-refractivity contribution in [2.45, 2.75) is 38.4 Å². The van der Waals surface area contributed by atoms with Gasteiger partial charge < -0.3 is 5.32 Å². The van der Waals surface area contributed by atoms with E-state index in [1.54, 1.807) is 0 Å². The molecule has 0 radical (unpaired) electrons. The number of amides is 1. The first-order valence-electron chi connectivity index (χ1n) is 10.9. The molecule has 1 aliphatic rings. The minimum Gasteiger partial charge on any atom is -0.325 e. The van der Waals surface area contributed by atoms with Crippen LogP contribution in [-0.4, -0.2) is 15.5 Å². The molecule has 174 valence electrons. The van der Waals surface area contributed by atoms with Gasteiger partial charge in [-0.1, -0.05) is 36.4 Å². The van der Waals surface area contributed by atoms with Gasteiger partial charge in [0.2, 0.25) is 5.91 Å². The predicted molar refractivity (Wildman–Crippen MR) is 126 cm³/mol. The summed E-state index contributed by atoms with van der Waals surface area (Å²) in [4.78, 5) is 33.1. The number of thiophene rings is 1. The molecular weight excluding hydrogens is 463 g/mol. The van der Waals surface area contributed by atoms with Gasteiger partial charge in [0.05, 0.1) is 10.9 Å². The number of fused-ring (bicyclic) bond motifs is 3. The lowest BCUT2D eigenvalue weighted by molar-refractivity contribution is -0.137. The van der Waals surface area contributed by atoms with Crippen LogP contribution >= 0.6 is 11.3 Å². The van der Waals surface area contributed by atoms with Crippen LogP contribution in [0.3, 0.4) is 0 Å². The molecule has 0 saturated carbocycles. The number of aryl methyl sites for hydroxylation is 2. The number of halogens is 3. The van der Waals surface area contributed by atoms with Crippen molar-refractivity contribution < 1.29 is 18.0 Å². The first-order chi connectivity index (χ1) is 16.3. The topological polar surface area (TPSA) is 64.0 Å². The smallest absolute Gasteiger partial charge is 0.325 e. The second kappa shape index (κ2) is 8.72. The summed E-state index contributed by atoms with van der Waals surface area (Å²) < 4.78 is 40.4. The monoisotopic (exact) mass is 483 g/mol. The molecule has 0 spiro atoms. The van der Waals surface area contributed by atoms with Crippen LogP contribution in [0.4, 0.5) is 18.9 Å². The number of rotatable bonds is 4. The molecule has 2 heterocycles. The lowest BCUT2D eigenvalue weighted by atomic mass is 9.97. The first kappa shape index (κ1) is 22.3. The fourth-order valence-corrected chi connectivity index (χ4v) is 5.56. The maximum Gasteiger partial charge on any atom is 0.416 e. The molecule has 2 aromatic carbocycles. The van der Waals surface area contributed by atoms with Gasteiger partial charge in [0.15, 0.2) is 0 Å². The third-order valence-electron chi connectivity index (χ3n) is 5.88. The van der Waals surface area contributed by atoms with Gasteiger partial charge in [0.25, 0.3) is 5.56 Å². The van der Waals surface area contributed by atoms with Crippen LogP contribution in [0.5, 0.6) is 0 Å². The molecule has 0 fully saturated rings. The molecule has 4 aromatic rings. The number of benzene rings is 2. The van der Waals surface area contributed by atoms with Crippen LogP contribution in [-0.2, 0) is 30.4 Å². The quantitative estimate of drug-likeness (QED) is 0.407. The summed E-state index contributed by atoms with van der Waals surface area (Å²) >= 11 is 1.53. The van der Waals surface area contributed by atoms with E-state index in [0.29, 0.717) is 21.6 Å². The lowest BCUT2D eigenvalue weighted by Crippen LogP contribution is -2.30. The molecule has 5 rings (SSSR count). The number of anilines is 1. The minimum atomic E-state index is -4.52. The van der Waals surface area contributed by atoms with Crippen LogP contribution in [0.25, 0.3) is 21.6 Å². The highest BCUT2D eigenvalue weighted by Gasteiger charge is 2.30. The van der Waals surface area contributed by atoms with Gasteiger partial charge in [0, 0.05) is 16.1 Å². The van der Waals surface area contributed by atoms with Crippen molar-refractivity contribution in [3.05, 3.63) is 81.0 Å². The van der Waals surface area contributed by atoms with E-state index >= 15 is 0 Å². The van der Waals surface area contributed by atoms with Gasteiger partial charge in [-0.3, -0.25) is 14.2 Å². The van der Waals surface area contributed by atoms with E-state index in [2.05, 4.69) is 5.32 Å². The van der Waals surface area contributed by atoms with Crippen LogP contribution < -0.4 is 10.9 Å². The van der Waals surface area contributed by atoms with Crippen LogP contribution in [0, 0.1) is 0 Å². The summed E-state index contributed by atoms with van der Waals surface area (Å²) in [7, 11) is 0. The zero-order valence-corrected chi connectivity index (χ0v) is 18.8. The molecule has 1 N–H and O–H groups in total. The van der Waals surface area contributed by atoms with E-state index in [0.717, 1.165) is 48.3 Å². The number of hydrogen-bond donors (Lipinski definition) is 1. The summed E-state index contributed by atoms with van der Waals surface area (Å²) in [5.74, 6) is -0.250. The summed E-state index contributed by atoms with van der Waals surface area (Å²) in [6.07, 6.45) is -0.751. The van der Waals surface area contributed by atoms with Crippen molar-refractivity contribution in [2.24, 2.45) is 0 Å². The largest absolute Gasteiger partial charge is 0.416 e. The van der Waals surface area contributed by atoms with Gasteiger partial charge in [-0.25, -0.2) is 4.98 Å². The Morgan fingerprint density at radius 1 is 1.06 bits per heavy atom. The standard InChI is InChI=1S/C25H20F3N3O2S/c26-25(27,28)16-9-6-10-17(13-16)29-20(32)14-31-22(15-7-2-1-3-8-15)30-23-21(24(31)33)18-11-4-5-12-19(18)34-23/h1-3,6-10,13H,4-5,11-12,14H2,(H,29,32). The first-order valence-corrected chi connectivity index (χ1v) is 11.7. The Bertz CT molecular complexity index is 1440. The maximum atomic E-state index is 13.6. The highest BCUT2D eigenvalue weighted by molar-refractivity contribution is 7.18. The number of aromatic nitrogens is 2. The van der Waals surface area contributed by atoms with Crippen molar-refractivity contribution in [1.82, 2.24) is 9.55 Å². The SMILES string of the molecule is O=C(Cn1c(-c2ccccc2)nc2sc3c(c2c1=O)CCCC3)Nc1cccc(C(F)(F)F)c1. The third kappa shape index (κ3) is 4.23. The molecule has 0 unspecified atom stereocenters. The maximum absolute atomic E-state index is 13.6. The summed E-state index contributed by atoms with van der Waals surface area (Å²) in [6.45, 7) is -0.368.